The second kappa shape index (κ2) is 3.34. The minimum Gasteiger partial charge on any atom is -0.397 e. The number of nitrogens with zero attached hydrogens (tertiary/aromatic N) is 3. The predicted molar refractivity (Wildman–Crippen MR) is 62.8 cm³/mol. The molecule has 78 valence electrons. The van der Waals surface area contributed by atoms with Crippen molar-refractivity contribution < 1.29 is 0 Å². The van der Waals surface area contributed by atoms with E-state index in [2.05, 4.69) is 9.97 Å². The third-order valence-corrected chi connectivity index (χ3v) is 2.47. The van der Waals surface area contributed by atoms with E-state index < -0.39 is 0 Å². The Morgan fingerprint density at radius 1 is 1.12 bits per heavy atom. The van der Waals surface area contributed by atoms with Gasteiger partial charge in [-0.3, -0.25) is 9.38 Å². The number of fused-ring (bicyclic) bond motifs is 1. The summed E-state index contributed by atoms with van der Waals surface area (Å²) < 4.78 is 2.01. The third-order valence-electron chi connectivity index (χ3n) is 2.47. The zero-order chi connectivity index (χ0) is 11.0. The van der Waals surface area contributed by atoms with Gasteiger partial charge in [0.2, 0.25) is 0 Å². The molecule has 0 saturated heterocycles. The van der Waals surface area contributed by atoms with Crippen molar-refractivity contribution in [1.29, 1.82) is 0 Å². The molecule has 0 fully saturated rings. The lowest BCUT2D eigenvalue weighted by molar-refractivity contribution is 1.18. The number of rotatable bonds is 1. The van der Waals surface area contributed by atoms with Gasteiger partial charge >= 0.3 is 0 Å². The van der Waals surface area contributed by atoms with Gasteiger partial charge in [-0.05, 0) is 18.2 Å². The molecule has 0 unspecified atom stereocenters. The summed E-state index contributed by atoms with van der Waals surface area (Å²) in [6.07, 6.45) is 7.21. The van der Waals surface area contributed by atoms with Gasteiger partial charge in [0, 0.05) is 24.2 Å². The van der Waals surface area contributed by atoms with Gasteiger partial charge in [-0.15, -0.1) is 0 Å². The van der Waals surface area contributed by atoms with Gasteiger partial charge in [0.15, 0.2) is 0 Å². The quantitative estimate of drug-likeness (QED) is 0.668. The van der Waals surface area contributed by atoms with Gasteiger partial charge in [-0.25, -0.2) is 4.98 Å². The van der Waals surface area contributed by atoms with E-state index in [1.165, 1.54) is 0 Å². The Morgan fingerprint density at radius 3 is 2.94 bits per heavy atom. The first kappa shape index (κ1) is 8.91. The SMILES string of the molecule is Nc1cncc(-c2cnc3ccccn23)c1. The minimum atomic E-state index is 0.656. The van der Waals surface area contributed by atoms with Gasteiger partial charge < -0.3 is 5.73 Å². The molecule has 4 nitrogen and oxygen atoms in total. The first-order valence-electron chi connectivity index (χ1n) is 4.97. The molecule has 3 heterocycles. The van der Waals surface area contributed by atoms with Gasteiger partial charge in [0.25, 0.3) is 0 Å². The van der Waals surface area contributed by atoms with Crippen molar-refractivity contribution in [3.8, 4) is 11.3 Å². The lowest BCUT2D eigenvalue weighted by Crippen LogP contribution is -1.90. The minimum absolute atomic E-state index is 0.656. The standard InChI is InChI=1S/C12H10N4/c13-10-5-9(6-14-7-10)11-8-15-12-3-1-2-4-16(11)12/h1-8H,13H2. The normalized spacial score (nSPS) is 10.8. The second-order valence-corrected chi connectivity index (χ2v) is 3.58. The number of aromatic nitrogens is 3. The maximum Gasteiger partial charge on any atom is 0.137 e. The third kappa shape index (κ3) is 1.32. The Hall–Kier alpha value is -2.36. The highest BCUT2D eigenvalue weighted by atomic mass is 15.0. The fraction of sp³-hybridized carbons (Fsp3) is 0. The van der Waals surface area contributed by atoms with Crippen molar-refractivity contribution in [2.45, 2.75) is 0 Å². The molecule has 0 aliphatic carbocycles. The summed E-state index contributed by atoms with van der Waals surface area (Å²) in [7, 11) is 0. The number of hydrogen-bond acceptors (Lipinski definition) is 3. The van der Waals surface area contributed by atoms with Crippen LogP contribution in [0.25, 0.3) is 16.9 Å². The summed E-state index contributed by atoms with van der Waals surface area (Å²) in [6.45, 7) is 0. The Labute approximate surface area is 92.4 Å². The molecule has 0 spiro atoms. The number of nitrogens with two attached hydrogens (primary N) is 1. The molecule has 4 heteroatoms. The molecule has 16 heavy (non-hydrogen) atoms. The predicted octanol–water partition coefficient (Wildman–Crippen LogP) is 1.98. The van der Waals surface area contributed by atoms with Crippen molar-refractivity contribution in [3.63, 3.8) is 0 Å². The maximum absolute atomic E-state index is 5.72. The second-order valence-electron chi connectivity index (χ2n) is 3.58. The maximum atomic E-state index is 5.72. The largest absolute Gasteiger partial charge is 0.397 e. The highest BCUT2D eigenvalue weighted by Gasteiger charge is 2.05. The highest BCUT2D eigenvalue weighted by Crippen LogP contribution is 2.21. The van der Waals surface area contributed by atoms with Crippen molar-refractivity contribution in [2.75, 3.05) is 5.73 Å². The summed E-state index contributed by atoms with van der Waals surface area (Å²) >= 11 is 0. The molecular weight excluding hydrogens is 200 g/mol. The van der Waals surface area contributed by atoms with Crippen LogP contribution in [0.15, 0.2) is 49.1 Å². The number of imidazole rings is 1. The van der Waals surface area contributed by atoms with Crippen LogP contribution in [0.3, 0.4) is 0 Å². The van der Waals surface area contributed by atoms with Crippen LogP contribution in [0, 0.1) is 0 Å². The van der Waals surface area contributed by atoms with Gasteiger partial charge in [0.1, 0.15) is 5.65 Å². The number of nitrogen functional groups attached to an aromatic ring is 1. The van der Waals surface area contributed by atoms with Crippen LogP contribution in [0.4, 0.5) is 5.69 Å². The molecule has 2 N–H and O–H groups in total. The van der Waals surface area contributed by atoms with E-state index in [0.29, 0.717) is 5.69 Å². The Balaban J connectivity index is 2.26. The lowest BCUT2D eigenvalue weighted by atomic mass is 10.2. The fourth-order valence-electron chi connectivity index (χ4n) is 1.74. The van der Waals surface area contributed by atoms with Crippen molar-refractivity contribution in [2.24, 2.45) is 0 Å². The average Bonchev–Trinajstić information content (AvgIpc) is 2.72. The molecule has 3 rings (SSSR count). The Morgan fingerprint density at radius 2 is 2.06 bits per heavy atom. The van der Waals surface area contributed by atoms with Crippen LogP contribution in [-0.4, -0.2) is 14.4 Å². The van der Waals surface area contributed by atoms with E-state index >= 15 is 0 Å². The van der Waals surface area contributed by atoms with Gasteiger partial charge in [-0.1, -0.05) is 6.07 Å². The van der Waals surface area contributed by atoms with E-state index in [4.69, 9.17) is 5.73 Å². The van der Waals surface area contributed by atoms with Crippen LogP contribution in [0.2, 0.25) is 0 Å². The first-order valence-corrected chi connectivity index (χ1v) is 4.97. The van der Waals surface area contributed by atoms with Gasteiger partial charge in [0.05, 0.1) is 17.6 Å². The average molecular weight is 210 g/mol. The molecule has 0 aliphatic heterocycles. The highest BCUT2D eigenvalue weighted by molar-refractivity contribution is 5.65. The van der Waals surface area contributed by atoms with Crippen LogP contribution in [0.1, 0.15) is 0 Å². The number of pyridine rings is 2. The number of anilines is 1. The fourth-order valence-corrected chi connectivity index (χ4v) is 1.74. The van der Waals surface area contributed by atoms with Gasteiger partial charge in [-0.2, -0.15) is 0 Å². The molecule has 0 radical (unpaired) electrons. The zero-order valence-electron chi connectivity index (χ0n) is 8.54. The van der Waals surface area contributed by atoms with Crippen LogP contribution < -0.4 is 5.73 Å². The van der Waals surface area contributed by atoms with E-state index in [-0.39, 0.29) is 0 Å². The first-order chi connectivity index (χ1) is 7.84. The van der Waals surface area contributed by atoms with Crippen LogP contribution >= 0.6 is 0 Å². The summed E-state index contributed by atoms with van der Waals surface area (Å²) in [5.74, 6) is 0. The summed E-state index contributed by atoms with van der Waals surface area (Å²) in [5, 5.41) is 0. The van der Waals surface area contributed by atoms with Crippen LogP contribution in [0.5, 0.6) is 0 Å². The van der Waals surface area contributed by atoms with Crippen molar-refractivity contribution >= 4 is 11.3 Å². The molecule has 0 aromatic carbocycles. The lowest BCUT2D eigenvalue weighted by Gasteiger charge is -2.01. The van der Waals surface area contributed by atoms with E-state index in [1.807, 2.05) is 41.1 Å². The van der Waals surface area contributed by atoms with E-state index in [1.54, 1.807) is 12.4 Å². The Kier molecular flexibility index (Phi) is 1.86. The summed E-state index contributed by atoms with van der Waals surface area (Å²) in [5.41, 5.74) is 9.26. The molecule has 0 amide bonds. The summed E-state index contributed by atoms with van der Waals surface area (Å²) in [4.78, 5) is 8.40. The molecule has 3 aromatic heterocycles. The van der Waals surface area contributed by atoms with E-state index in [9.17, 15) is 0 Å². The number of hydrogen-bond donors (Lipinski definition) is 1. The monoisotopic (exact) mass is 210 g/mol. The van der Waals surface area contributed by atoms with Crippen molar-refractivity contribution in [1.82, 2.24) is 14.4 Å². The molecule has 3 aromatic rings. The smallest absolute Gasteiger partial charge is 0.137 e. The molecule has 0 aliphatic rings. The molecule has 0 bridgehead atoms. The topological polar surface area (TPSA) is 56.2 Å². The zero-order valence-corrected chi connectivity index (χ0v) is 8.54. The summed E-state index contributed by atoms with van der Waals surface area (Å²) in [6, 6.07) is 7.79. The molecule has 0 saturated carbocycles. The van der Waals surface area contributed by atoms with Crippen LogP contribution in [-0.2, 0) is 0 Å². The van der Waals surface area contributed by atoms with E-state index in [0.717, 1.165) is 16.9 Å². The molecule has 0 atom stereocenters. The Bertz CT molecular complexity index is 642. The molecular formula is C12H10N4. The van der Waals surface area contributed by atoms with Crippen molar-refractivity contribution in [3.05, 3.63) is 49.1 Å².